The van der Waals surface area contributed by atoms with Gasteiger partial charge < -0.3 is 14.3 Å². The van der Waals surface area contributed by atoms with Crippen LogP contribution in [0.3, 0.4) is 0 Å². The average Bonchev–Trinajstić information content (AvgIpc) is 3.39. The van der Waals surface area contributed by atoms with Crippen LogP contribution in [0.1, 0.15) is 42.0 Å². The van der Waals surface area contributed by atoms with Gasteiger partial charge in [0.1, 0.15) is 5.75 Å². The fourth-order valence-corrected chi connectivity index (χ4v) is 4.78. The maximum absolute atomic E-state index is 5.93. The van der Waals surface area contributed by atoms with E-state index in [1.807, 2.05) is 18.7 Å². The van der Waals surface area contributed by atoms with E-state index in [2.05, 4.69) is 72.9 Å². The van der Waals surface area contributed by atoms with Gasteiger partial charge in [0.2, 0.25) is 0 Å². The molecular formula is C24H24BrN3O. The molecule has 1 unspecified atom stereocenters. The van der Waals surface area contributed by atoms with Gasteiger partial charge >= 0.3 is 0 Å². The van der Waals surface area contributed by atoms with Crippen molar-refractivity contribution in [2.24, 2.45) is 0 Å². The van der Waals surface area contributed by atoms with Gasteiger partial charge in [-0.3, -0.25) is 0 Å². The number of nitrogens with zero attached hydrogens (tertiary/aromatic N) is 2. The lowest BCUT2D eigenvalue weighted by molar-refractivity contribution is 0.301. The van der Waals surface area contributed by atoms with E-state index in [9.17, 15) is 0 Å². The van der Waals surface area contributed by atoms with Crippen LogP contribution in [0.25, 0.3) is 10.9 Å². The van der Waals surface area contributed by atoms with Crippen molar-refractivity contribution in [3.8, 4) is 5.75 Å². The van der Waals surface area contributed by atoms with Crippen LogP contribution in [-0.2, 0) is 13.0 Å². The van der Waals surface area contributed by atoms with Crippen molar-refractivity contribution in [3.05, 3.63) is 82.5 Å². The molecule has 5 heteroatoms. The van der Waals surface area contributed by atoms with E-state index < -0.39 is 0 Å². The summed E-state index contributed by atoms with van der Waals surface area (Å²) in [5.41, 5.74) is 5.47. The Bertz CT molecular complexity index is 1100. The van der Waals surface area contributed by atoms with Crippen molar-refractivity contribution < 1.29 is 4.74 Å². The summed E-state index contributed by atoms with van der Waals surface area (Å²) >= 11 is 3.62. The predicted octanol–water partition coefficient (Wildman–Crippen LogP) is 6.06. The number of aryl methyl sites for hydroxylation is 2. The van der Waals surface area contributed by atoms with Gasteiger partial charge in [-0.05, 0) is 67.1 Å². The molecule has 2 aromatic carbocycles. The Morgan fingerprint density at radius 3 is 2.90 bits per heavy atom. The highest BCUT2D eigenvalue weighted by Crippen LogP contribution is 2.40. The minimum absolute atomic E-state index is 0.431. The van der Waals surface area contributed by atoms with Crippen LogP contribution >= 0.6 is 15.9 Å². The number of rotatable bonds is 6. The lowest BCUT2D eigenvalue weighted by Gasteiger charge is -2.23. The fraction of sp³-hybridized carbons (Fsp3) is 0.292. The number of aromatic amines is 1. The van der Waals surface area contributed by atoms with Crippen LogP contribution in [0.2, 0.25) is 0 Å². The largest absolute Gasteiger partial charge is 0.494 e. The third-order valence-electron chi connectivity index (χ3n) is 5.84. The number of halogens is 1. The number of fused-ring (bicyclic) bond motifs is 3. The third kappa shape index (κ3) is 3.84. The number of hydrogen-bond acceptors (Lipinski definition) is 2. The first-order valence-corrected chi connectivity index (χ1v) is 11.1. The van der Waals surface area contributed by atoms with E-state index in [1.54, 1.807) is 0 Å². The molecule has 1 aliphatic rings. The zero-order valence-corrected chi connectivity index (χ0v) is 17.9. The quantitative estimate of drug-likeness (QED) is 0.363. The van der Waals surface area contributed by atoms with Gasteiger partial charge in [0.15, 0.2) is 0 Å². The molecule has 0 bridgehead atoms. The Morgan fingerprint density at radius 1 is 1.17 bits per heavy atom. The van der Waals surface area contributed by atoms with Crippen LogP contribution in [0.4, 0.5) is 0 Å². The fourth-order valence-electron chi connectivity index (χ4n) is 4.42. The predicted molar refractivity (Wildman–Crippen MR) is 120 cm³/mol. The number of H-pyrrole nitrogens is 1. The molecule has 4 aromatic rings. The molecule has 0 fully saturated rings. The summed E-state index contributed by atoms with van der Waals surface area (Å²) in [7, 11) is 0. The zero-order valence-electron chi connectivity index (χ0n) is 16.3. The molecule has 0 amide bonds. The number of aromatic nitrogens is 3. The summed E-state index contributed by atoms with van der Waals surface area (Å²) in [6.45, 7) is 1.64. The highest BCUT2D eigenvalue weighted by Gasteiger charge is 2.25. The smallest absolute Gasteiger partial charge is 0.119 e. The molecule has 4 nitrogen and oxygen atoms in total. The SMILES string of the molecule is Brc1ccc2[nH]c3c(c2c1)CCCC3c1ccc(OCCCn2ccnc2)cc1. The highest BCUT2D eigenvalue weighted by atomic mass is 79.9. The molecule has 0 spiro atoms. The topological polar surface area (TPSA) is 42.8 Å². The molecule has 5 rings (SSSR count). The normalized spacial score (nSPS) is 16.1. The number of imidazole rings is 1. The molecule has 0 aliphatic heterocycles. The summed E-state index contributed by atoms with van der Waals surface area (Å²) in [5, 5.41) is 1.36. The van der Waals surface area contributed by atoms with Gasteiger partial charge in [-0.2, -0.15) is 0 Å². The van der Waals surface area contributed by atoms with Gasteiger partial charge in [-0.25, -0.2) is 4.98 Å². The van der Waals surface area contributed by atoms with E-state index in [0.717, 1.165) is 29.6 Å². The second-order valence-electron chi connectivity index (χ2n) is 7.72. The van der Waals surface area contributed by atoms with Crippen LogP contribution in [0.5, 0.6) is 5.75 Å². The van der Waals surface area contributed by atoms with Gasteiger partial charge in [0.25, 0.3) is 0 Å². The summed E-state index contributed by atoms with van der Waals surface area (Å²) in [6, 6.07) is 15.2. The van der Waals surface area contributed by atoms with Gasteiger partial charge in [0.05, 0.1) is 12.9 Å². The molecule has 1 aliphatic carbocycles. The molecular weight excluding hydrogens is 426 g/mol. The second kappa shape index (κ2) is 8.07. The first-order chi connectivity index (χ1) is 14.3. The monoisotopic (exact) mass is 449 g/mol. The minimum atomic E-state index is 0.431. The molecule has 0 saturated carbocycles. The van der Waals surface area contributed by atoms with Crippen molar-refractivity contribution >= 4 is 26.8 Å². The lowest BCUT2D eigenvalue weighted by atomic mass is 9.82. The van der Waals surface area contributed by atoms with Gasteiger partial charge in [0, 0.05) is 45.9 Å². The Labute approximate surface area is 179 Å². The van der Waals surface area contributed by atoms with Crippen molar-refractivity contribution in [2.45, 2.75) is 38.1 Å². The third-order valence-corrected chi connectivity index (χ3v) is 6.33. The Morgan fingerprint density at radius 2 is 2.07 bits per heavy atom. The molecule has 0 saturated heterocycles. The molecule has 1 atom stereocenters. The van der Waals surface area contributed by atoms with E-state index in [-0.39, 0.29) is 0 Å². The number of benzene rings is 2. The van der Waals surface area contributed by atoms with Crippen LogP contribution in [0, 0.1) is 0 Å². The second-order valence-corrected chi connectivity index (χ2v) is 8.64. The summed E-state index contributed by atoms with van der Waals surface area (Å²) in [6.07, 6.45) is 10.2. The number of ether oxygens (including phenoxy) is 1. The highest BCUT2D eigenvalue weighted by molar-refractivity contribution is 9.10. The Hall–Kier alpha value is -2.53. The van der Waals surface area contributed by atoms with E-state index >= 15 is 0 Å². The minimum Gasteiger partial charge on any atom is -0.494 e. The number of hydrogen-bond donors (Lipinski definition) is 1. The number of nitrogens with one attached hydrogen (secondary N) is 1. The van der Waals surface area contributed by atoms with Gasteiger partial charge in [-0.1, -0.05) is 28.1 Å². The first kappa shape index (κ1) is 18.5. The molecule has 29 heavy (non-hydrogen) atoms. The molecule has 2 aromatic heterocycles. The van der Waals surface area contributed by atoms with E-state index in [0.29, 0.717) is 12.5 Å². The van der Waals surface area contributed by atoms with Crippen LogP contribution in [0.15, 0.2) is 65.7 Å². The maximum atomic E-state index is 5.93. The summed E-state index contributed by atoms with van der Waals surface area (Å²) in [4.78, 5) is 7.77. The van der Waals surface area contributed by atoms with Crippen molar-refractivity contribution in [2.75, 3.05) is 6.61 Å². The van der Waals surface area contributed by atoms with E-state index in [4.69, 9.17) is 4.74 Å². The Kier molecular flexibility index (Phi) is 5.15. The van der Waals surface area contributed by atoms with Crippen molar-refractivity contribution in [3.63, 3.8) is 0 Å². The lowest BCUT2D eigenvalue weighted by Crippen LogP contribution is -2.10. The molecule has 0 radical (unpaired) electrons. The molecule has 148 valence electrons. The zero-order chi connectivity index (χ0) is 19.6. The Balaban J connectivity index is 1.29. The van der Waals surface area contributed by atoms with Crippen molar-refractivity contribution in [1.82, 2.24) is 14.5 Å². The first-order valence-electron chi connectivity index (χ1n) is 10.3. The van der Waals surface area contributed by atoms with E-state index in [1.165, 1.54) is 40.6 Å². The maximum Gasteiger partial charge on any atom is 0.119 e. The molecule has 2 heterocycles. The standard InChI is InChI=1S/C24H24BrN3O/c25-18-7-10-23-22(15-18)21-4-1-3-20(24(21)27-23)17-5-8-19(9-6-17)29-14-2-12-28-13-11-26-16-28/h5-11,13,15-16,20,27H,1-4,12,14H2. The van der Waals surface area contributed by atoms with Gasteiger partial charge in [-0.15, -0.1) is 0 Å². The van der Waals surface area contributed by atoms with Crippen LogP contribution in [-0.4, -0.2) is 21.1 Å². The summed E-state index contributed by atoms with van der Waals surface area (Å²) in [5.74, 6) is 1.37. The average molecular weight is 450 g/mol. The van der Waals surface area contributed by atoms with Crippen molar-refractivity contribution in [1.29, 1.82) is 0 Å². The molecule has 1 N–H and O–H groups in total. The summed E-state index contributed by atoms with van der Waals surface area (Å²) < 4.78 is 9.15. The van der Waals surface area contributed by atoms with Crippen LogP contribution < -0.4 is 4.74 Å².